The average molecular weight is 457 g/mol. The summed E-state index contributed by atoms with van der Waals surface area (Å²) in [5.74, 6) is -2.59. The first-order chi connectivity index (χ1) is 15.5. The molecule has 32 heavy (non-hydrogen) atoms. The lowest BCUT2D eigenvalue weighted by atomic mass is 10.2. The summed E-state index contributed by atoms with van der Waals surface area (Å²) in [6.45, 7) is 2.98. The Kier molecular flexibility index (Phi) is 6.87. The van der Waals surface area contributed by atoms with E-state index < -0.39 is 17.5 Å². The van der Waals surface area contributed by atoms with Crippen molar-refractivity contribution in [1.82, 2.24) is 20.1 Å². The first-order valence-corrected chi connectivity index (χ1v) is 11.1. The number of piperazine rings is 1. The molecule has 0 spiro atoms. The van der Waals surface area contributed by atoms with Crippen molar-refractivity contribution in [1.29, 1.82) is 0 Å². The van der Waals surface area contributed by atoms with E-state index in [0.29, 0.717) is 38.8 Å². The van der Waals surface area contributed by atoms with Crippen LogP contribution in [0.4, 0.5) is 8.78 Å². The van der Waals surface area contributed by atoms with Crippen LogP contribution in [0.3, 0.4) is 0 Å². The highest BCUT2D eigenvalue weighted by Gasteiger charge is 2.22. The van der Waals surface area contributed by atoms with Crippen LogP contribution in [-0.4, -0.2) is 59.3 Å². The lowest BCUT2D eigenvalue weighted by Gasteiger charge is -2.34. The lowest BCUT2D eigenvalue weighted by Crippen LogP contribution is -2.50. The Morgan fingerprint density at radius 2 is 1.69 bits per heavy atom. The van der Waals surface area contributed by atoms with Crippen molar-refractivity contribution in [2.24, 2.45) is 0 Å². The Morgan fingerprint density at radius 3 is 2.38 bits per heavy atom. The standard InChI is InChI=1S/C23H22F2N4O2S/c24-18-10-17(11-19(25)12-18)22(31)26-13-21(30)29-8-6-28(7-9-29)14-20-15-32-23(27-20)16-4-2-1-3-5-16/h1-5,10-12,15H,6-9,13-14H2,(H,26,31). The number of thiazole rings is 1. The normalized spacial score (nSPS) is 14.4. The van der Waals surface area contributed by atoms with E-state index in [2.05, 4.69) is 15.6 Å². The maximum Gasteiger partial charge on any atom is 0.251 e. The van der Waals surface area contributed by atoms with Crippen molar-refractivity contribution >= 4 is 23.2 Å². The summed E-state index contributed by atoms with van der Waals surface area (Å²) in [4.78, 5) is 33.1. The summed E-state index contributed by atoms with van der Waals surface area (Å²) < 4.78 is 26.5. The molecule has 4 rings (SSSR count). The van der Waals surface area contributed by atoms with Gasteiger partial charge in [-0.3, -0.25) is 14.5 Å². The van der Waals surface area contributed by atoms with Crippen LogP contribution in [0, 0.1) is 11.6 Å². The van der Waals surface area contributed by atoms with Crippen LogP contribution < -0.4 is 5.32 Å². The van der Waals surface area contributed by atoms with Gasteiger partial charge in [-0.2, -0.15) is 0 Å². The zero-order chi connectivity index (χ0) is 22.5. The van der Waals surface area contributed by atoms with E-state index in [4.69, 9.17) is 4.98 Å². The minimum absolute atomic E-state index is 0.154. The molecule has 1 aromatic heterocycles. The number of hydrogen-bond donors (Lipinski definition) is 1. The monoisotopic (exact) mass is 456 g/mol. The van der Waals surface area contributed by atoms with Crippen LogP contribution in [0.15, 0.2) is 53.9 Å². The predicted molar refractivity (Wildman–Crippen MR) is 118 cm³/mol. The van der Waals surface area contributed by atoms with Crippen LogP contribution in [0.25, 0.3) is 10.6 Å². The fourth-order valence-corrected chi connectivity index (χ4v) is 4.35. The number of hydrogen-bond acceptors (Lipinski definition) is 5. The SMILES string of the molecule is O=C(NCC(=O)N1CCN(Cc2csc(-c3ccccc3)n2)CC1)c1cc(F)cc(F)c1. The van der Waals surface area contributed by atoms with Gasteiger partial charge in [-0.1, -0.05) is 30.3 Å². The predicted octanol–water partition coefficient (Wildman–Crippen LogP) is 3.16. The van der Waals surface area contributed by atoms with E-state index in [-0.39, 0.29) is 18.0 Å². The fourth-order valence-electron chi connectivity index (χ4n) is 3.53. The largest absolute Gasteiger partial charge is 0.343 e. The Labute approximate surface area is 188 Å². The van der Waals surface area contributed by atoms with Crippen molar-refractivity contribution in [2.75, 3.05) is 32.7 Å². The molecule has 0 saturated carbocycles. The summed E-state index contributed by atoms with van der Waals surface area (Å²) in [7, 11) is 0. The highest BCUT2D eigenvalue weighted by atomic mass is 32.1. The molecule has 2 amide bonds. The van der Waals surface area contributed by atoms with Gasteiger partial charge in [0.15, 0.2) is 0 Å². The van der Waals surface area contributed by atoms with Crippen molar-refractivity contribution < 1.29 is 18.4 Å². The topological polar surface area (TPSA) is 65.5 Å². The average Bonchev–Trinajstić information content (AvgIpc) is 3.26. The second kappa shape index (κ2) is 9.97. The Hall–Kier alpha value is -3.17. The fraction of sp³-hybridized carbons (Fsp3) is 0.261. The summed E-state index contributed by atoms with van der Waals surface area (Å²) >= 11 is 1.62. The van der Waals surface area contributed by atoms with Crippen molar-refractivity contribution in [3.8, 4) is 10.6 Å². The van der Waals surface area contributed by atoms with Gasteiger partial charge in [0.25, 0.3) is 5.91 Å². The zero-order valence-corrected chi connectivity index (χ0v) is 18.1. The van der Waals surface area contributed by atoms with Crippen LogP contribution in [0.5, 0.6) is 0 Å². The highest BCUT2D eigenvalue weighted by molar-refractivity contribution is 7.13. The Morgan fingerprint density at radius 1 is 1.00 bits per heavy atom. The molecule has 3 aromatic rings. The molecule has 2 heterocycles. The molecule has 1 aliphatic heterocycles. The maximum absolute atomic E-state index is 13.3. The lowest BCUT2D eigenvalue weighted by molar-refractivity contribution is -0.131. The minimum atomic E-state index is -0.839. The minimum Gasteiger partial charge on any atom is -0.343 e. The number of amides is 2. The van der Waals surface area contributed by atoms with E-state index in [9.17, 15) is 18.4 Å². The molecular formula is C23H22F2N4O2S. The van der Waals surface area contributed by atoms with E-state index in [1.165, 1.54) is 0 Å². The van der Waals surface area contributed by atoms with Gasteiger partial charge in [0.2, 0.25) is 5.91 Å². The summed E-state index contributed by atoms with van der Waals surface area (Å²) in [5, 5.41) is 5.48. The third-order valence-electron chi connectivity index (χ3n) is 5.21. The van der Waals surface area contributed by atoms with Gasteiger partial charge < -0.3 is 10.2 Å². The Bertz CT molecular complexity index is 1080. The molecule has 0 atom stereocenters. The van der Waals surface area contributed by atoms with Crippen molar-refractivity contribution in [2.45, 2.75) is 6.54 Å². The molecule has 0 radical (unpaired) electrons. The van der Waals surface area contributed by atoms with E-state index in [1.807, 2.05) is 30.3 Å². The van der Waals surface area contributed by atoms with Crippen molar-refractivity contribution in [3.05, 3.63) is 76.8 Å². The number of nitrogens with zero attached hydrogens (tertiary/aromatic N) is 3. The van der Waals surface area contributed by atoms with Crippen LogP contribution in [0.1, 0.15) is 16.1 Å². The van der Waals surface area contributed by atoms with Gasteiger partial charge in [-0.25, -0.2) is 13.8 Å². The molecule has 9 heteroatoms. The van der Waals surface area contributed by atoms with Gasteiger partial charge in [-0.05, 0) is 12.1 Å². The number of halogens is 2. The molecule has 2 aromatic carbocycles. The second-order valence-electron chi connectivity index (χ2n) is 7.51. The molecule has 0 aliphatic carbocycles. The van der Waals surface area contributed by atoms with Gasteiger partial charge in [-0.15, -0.1) is 11.3 Å². The molecule has 1 fully saturated rings. The maximum atomic E-state index is 13.3. The van der Waals surface area contributed by atoms with Gasteiger partial charge in [0, 0.05) is 55.3 Å². The summed E-state index contributed by atoms with van der Waals surface area (Å²) in [6, 6.07) is 12.6. The molecule has 6 nitrogen and oxygen atoms in total. The molecule has 1 aliphatic rings. The van der Waals surface area contributed by atoms with E-state index in [0.717, 1.165) is 28.4 Å². The van der Waals surface area contributed by atoms with Gasteiger partial charge >= 0.3 is 0 Å². The number of nitrogens with one attached hydrogen (secondary N) is 1. The number of carbonyl (C=O) groups is 2. The molecular weight excluding hydrogens is 434 g/mol. The number of benzene rings is 2. The first-order valence-electron chi connectivity index (χ1n) is 10.2. The second-order valence-corrected chi connectivity index (χ2v) is 8.37. The van der Waals surface area contributed by atoms with Crippen LogP contribution >= 0.6 is 11.3 Å². The molecule has 1 saturated heterocycles. The zero-order valence-electron chi connectivity index (χ0n) is 17.3. The summed E-state index contributed by atoms with van der Waals surface area (Å²) in [5.41, 5.74) is 1.95. The Balaban J connectivity index is 1.23. The highest BCUT2D eigenvalue weighted by Crippen LogP contribution is 2.24. The first kappa shape index (κ1) is 22.0. The number of carbonyl (C=O) groups excluding carboxylic acids is 2. The van der Waals surface area contributed by atoms with Gasteiger partial charge in [0.05, 0.1) is 12.2 Å². The van der Waals surface area contributed by atoms with Gasteiger partial charge in [0.1, 0.15) is 16.6 Å². The summed E-state index contributed by atoms with van der Waals surface area (Å²) in [6.07, 6.45) is 0. The molecule has 0 unspecified atom stereocenters. The number of rotatable bonds is 6. The van der Waals surface area contributed by atoms with Crippen LogP contribution in [-0.2, 0) is 11.3 Å². The van der Waals surface area contributed by atoms with E-state index in [1.54, 1.807) is 16.2 Å². The van der Waals surface area contributed by atoms with Crippen LogP contribution in [0.2, 0.25) is 0 Å². The molecule has 166 valence electrons. The van der Waals surface area contributed by atoms with Crippen molar-refractivity contribution in [3.63, 3.8) is 0 Å². The smallest absolute Gasteiger partial charge is 0.251 e. The third-order valence-corrected chi connectivity index (χ3v) is 6.15. The third kappa shape index (κ3) is 5.54. The quantitative estimate of drug-likeness (QED) is 0.619. The van der Waals surface area contributed by atoms with E-state index >= 15 is 0 Å². The number of aromatic nitrogens is 1. The molecule has 0 bridgehead atoms. The molecule has 1 N–H and O–H groups in total.